The standard InChI is InChI=1S/C19H16O/c20-19(14-8-2-1-3-9-14)17-12-6-4-10-15(17)16-11-5-7-13-18(16)19/h1-4,6,8-13,20H,5,7H2. The zero-order valence-electron chi connectivity index (χ0n) is 11.2. The summed E-state index contributed by atoms with van der Waals surface area (Å²) in [5, 5.41) is 11.5. The van der Waals surface area contributed by atoms with Gasteiger partial charge in [0, 0.05) is 5.56 Å². The quantitative estimate of drug-likeness (QED) is 0.820. The molecule has 2 aromatic carbocycles. The molecule has 98 valence electrons. The Morgan fingerprint density at radius 1 is 0.800 bits per heavy atom. The molecule has 2 aromatic rings. The Labute approximate surface area is 118 Å². The van der Waals surface area contributed by atoms with Crippen molar-refractivity contribution in [2.45, 2.75) is 18.4 Å². The maximum Gasteiger partial charge on any atom is 0.141 e. The highest BCUT2D eigenvalue weighted by atomic mass is 16.3. The molecule has 0 bridgehead atoms. The molecule has 1 nitrogen and oxygen atoms in total. The topological polar surface area (TPSA) is 20.2 Å². The molecular weight excluding hydrogens is 244 g/mol. The van der Waals surface area contributed by atoms with E-state index in [9.17, 15) is 5.11 Å². The molecule has 1 atom stereocenters. The van der Waals surface area contributed by atoms with Gasteiger partial charge in [0.1, 0.15) is 5.60 Å². The van der Waals surface area contributed by atoms with Crippen molar-refractivity contribution in [2.24, 2.45) is 0 Å². The fraction of sp³-hybridized carbons (Fsp3) is 0.158. The van der Waals surface area contributed by atoms with Gasteiger partial charge < -0.3 is 5.11 Å². The minimum Gasteiger partial charge on any atom is -0.376 e. The summed E-state index contributed by atoms with van der Waals surface area (Å²) >= 11 is 0. The predicted molar refractivity (Wildman–Crippen MR) is 81.2 cm³/mol. The maximum atomic E-state index is 11.5. The summed E-state index contributed by atoms with van der Waals surface area (Å²) in [6, 6.07) is 18.2. The van der Waals surface area contributed by atoms with E-state index in [1.54, 1.807) is 0 Å². The van der Waals surface area contributed by atoms with E-state index in [1.165, 1.54) is 11.1 Å². The van der Waals surface area contributed by atoms with Crippen LogP contribution in [0.5, 0.6) is 0 Å². The van der Waals surface area contributed by atoms with Crippen LogP contribution in [0.15, 0.2) is 72.3 Å². The molecule has 1 N–H and O–H groups in total. The minimum absolute atomic E-state index is 0.948. The van der Waals surface area contributed by atoms with Crippen LogP contribution in [0.2, 0.25) is 0 Å². The summed E-state index contributed by atoms with van der Waals surface area (Å²) in [4.78, 5) is 0. The van der Waals surface area contributed by atoms with E-state index in [0.29, 0.717) is 0 Å². The van der Waals surface area contributed by atoms with Crippen LogP contribution < -0.4 is 0 Å². The summed E-state index contributed by atoms with van der Waals surface area (Å²) in [7, 11) is 0. The van der Waals surface area contributed by atoms with Crippen LogP contribution >= 0.6 is 0 Å². The summed E-state index contributed by atoms with van der Waals surface area (Å²) in [5.74, 6) is 0. The fourth-order valence-electron chi connectivity index (χ4n) is 3.44. The summed E-state index contributed by atoms with van der Waals surface area (Å²) in [6.45, 7) is 0. The van der Waals surface area contributed by atoms with Gasteiger partial charge in [-0.05, 0) is 35.1 Å². The molecule has 2 aliphatic carbocycles. The molecule has 0 aliphatic heterocycles. The van der Waals surface area contributed by atoms with Gasteiger partial charge in [0.2, 0.25) is 0 Å². The predicted octanol–water partition coefficient (Wildman–Crippen LogP) is 4.04. The molecule has 0 aromatic heterocycles. The lowest BCUT2D eigenvalue weighted by Gasteiger charge is -2.28. The lowest BCUT2D eigenvalue weighted by atomic mass is 9.82. The van der Waals surface area contributed by atoms with Gasteiger partial charge in [-0.25, -0.2) is 0 Å². The second-order valence-corrected chi connectivity index (χ2v) is 5.43. The van der Waals surface area contributed by atoms with E-state index in [-0.39, 0.29) is 0 Å². The number of allylic oxidation sites excluding steroid dienone is 2. The summed E-state index contributed by atoms with van der Waals surface area (Å²) in [6.07, 6.45) is 6.51. The maximum absolute atomic E-state index is 11.5. The zero-order valence-corrected chi connectivity index (χ0v) is 11.2. The molecule has 1 heteroatoms. The minimum atomic E-state index is -0.996. The Morgan fingerprint density at radius 3 is 2.35 bits per heavy atom. The largest absolute Gasteiger partial charge is 0.376 e. The molecule has 1 unspecified atom stereocenters. The first-order valence-corrected chi connectivity index (χ1v) is 7.11. The van der Waals surface area contributed by atoms with Crippen molar-refractivity contribution in [1.29, 1.82) is 0 Å². The number of benzene rings is 2. The van der Waals surface area contributed by atoms with Gasteiger partial charge in [0.25, 0.3) is 0 Å². The molecule has 4 rings (SSSR count). The average molecular weight is 260 g/mol. The monoisotopic (exact) mass is 260 g/mol. The van der Waals surface area contributed by atoms with Crippen molar-refractivity contribution in [3.63, 3.8) is 0 Å². The first-order chi connectivity index (χ1) is 9.82. The molecular formula is C19H16O. The number of fused-ring (bicyclic) bond motifs is 3. The third kappa shape index (κ3) is 1.41. The highest BCUT2D eigenvalue weighted by Crippen LogP contribution is 2.53. The number of rotatable bonds is 1. The third-order valence-corrected chi connectivity index (χ3v) is 4.34. The number of hydrogen-bond acceptors (Lipinski definition) is 1. The highest BCUT2D eigenvalue weighted by Gasteiger charge is 2.45. The van der Waals surface area contributed by atoms with E-state index < -0.39 is 5.60 Å². The van der Waals surface area contributed by atoms with Crippen LogP contribution in [-0.4, -0.2) is 5.11 Å². The SMILES string of the molecule is OC1(c2ccccc2)C2=CCCC=C2c2ccccc21. The second kappa shape index (κ2) is 4.19. The van der Waals surface area contributed by atoms with Crippen molar-refractivity contribution in [1.82, 2.24) is 0 Å². The first kappa shape index (κ1) is 11.7. The molecule has 0 radical (unpaired) electrons. The Morgan fingerprint density at radius 2 is 1.50 bits per heavy atom. The van der Waals surface area contributed by atoms with Crippen molar-refractivity contribution in [3.8, 4) is 0 Å². The van der Waals surface area contributed by atoms with E-state index in [0.717, 1.165) is 29.5 Å². The molecule has 0 heterocycles. The van der Waals surface area contributed by atoms with E-state index in [2.05, 4.69) is 18.2 Å². The molecule has 0 spiro atoms. The molecule has 0 saturated carbocycles. The van der Waals surface area contributed by atoms with E-state index in [1.807, 2.05) is 48.5 Å². The van der Waals surface area contributed by atoms with Crippen molar-refractivity contribution in [2.75, 3.05) is 0 Å². The Kier molecular flexibility index (Phi) is 2.45. The van der Waals surface area contributed by atoms with Gasteiger partial charge in [-0.3, -0.25) is 0 Å². The van der Waals surface area contributed by atoms with E-state index in [4.69, 9.17) is 0 Å². The second-order valence-electron chi connectivity index (χ2n) is 5.43. The van der Waals surface area contributed by atoms with Gasteiger partial charge in [-0.1, -0.05) is 66.7 Å². The summed E-state index contributed by atoms with van der Waals surface area (Å²) in [5.41, 5.74) is 4.39. The van der Waals surface area contributed by atoms with Crippen molar-refractivity contribution < 1.29 is 5.11 Å². The lowest BCUT2D eigenvalue weighted by Crippen LogP contribution is -2.26. The average Bonchev–Trinajstić information content (AvgIpc) is 2.80. The first-order valence-electron chi connectivity index (χ1n) is 7.11. The van der Waals surface area contributed by atoms with Gasteiger partial charge >= 0.3 is 0 Å². The molecule has 0 saturated heterocycles. The van der Waals surface area contributed by atoms with Gasteiger partial charge in [0.05, 0.1) is 0 Å². The Hall–Kier alpha value is -2.12. The Balaban J connectivity index is 2.04. The van der Waals surface area contributed by atoms with Crippen molar-refractivity contribution >= 4 is 5.57 Å². The van der Waals surface area contributed by atoms with Crippen LogP contribution in [-0.2, 0) is 5.60 Å². The highest BCUT2D eigenvalue weighted by molar-refractivity contribution is 5.91. The molecule has 2 aliphatic rings. The van der Waals surface area contributed by atoms with Gasteiger partial charge in [0.15, 0.2) is 0 Å². The molecule has 0 amide bonds. The smallest absolute Gasteiger partial charge is 0.141 e. The Bertz CT molecular complexity index is 724. The fourth-order valence-corrected chi connectivity index (χ4v) is 3.44. The third-order valence-electron chi connectivity index (χ3n) is 4.34. The van der Waals surface area contributed by atoms with Gasteiger partial charge in [-0.2, -0.15) is 0 Å². The van der Waals surface area contributed by atoms with Crippen LogP contribution in [0.25, 0.3) is 5.57 Å². The lowest BCUT2D eigenvalue weighted by molar-refractivity contribution is 0.130. The molecule has 0 fully saturated rings. The number of aliphatic hydroxyl groups is 1. The van der Waals surface area contributed by atoms with E-state index >= 15 is 0 Å². The number of hydrogen-bond donors (Lipinski definition) is 1. The van der Waals surface area contributed by atoms with Crippen LogP contribution in [0, 0.1) is 0 Å². The van der Waals surface area contributed by atoms with Crippen LogP contribution in [0.1, 0.15) is 29.5 Å². The van der Waals surface area contributed by atoms with Crippen molar-refractivity contribution in [3.05, 3.63) is 89.0 Å². The van der Waals surface area contributed by atoms with Gasteiger partial charge in [-0.15, -0.1) is 0 Å². The zero-order chi connectivity index (χ0) is 13.6. The van der Waals surface area contributed by atoms with Crippen LogP contribution in [0.3, 0.4) is 0 Å². The normalized spacial score (nSPS) is 23.6. The molecule has 20 heavy (non-hydrogen) atoms. The summed E-state index contributed by atoms with van der Waals surface area (Å²) < 4.78 is 0. The van der Waals surface area contributed by atoms with Crippen LogP contribution in [0.4, 0.5) is 0 Å².